The van der Waals surface area contributed by atoms with Gasteiger partial charge in [-0.05, 0) is 18.6 Å². The third-order valence-electron chi connectivity index (χ3n) is 2.76. The van der Waals surface area contributed by atoms with Crippen molar-refractivity contribution in [1.82, 2.24) is 14.7 Å². The second kappa shape index (κ2) is 6.61. The fourth-order valence-electron chi connectivity index (χ4n) is 1.76. The van der Waals surface area contributed by atoms with E-state index in [0.717, 1.165) is 6.42 Å². The summed E-state index contributed by atoms with van der Waals surface area (Å²) in [6.07, 6.45) is 3.89. The van der Waals surface area contributed by atoms with E-state index in [1.807, 2.05) is 13.0 Å². The molecule has 0 saturated carbocycles. The first kappa shape index (κ1) is 15.4. The van der Waals surface area contributed by atoms with Gasteiger partial charge in [0, 0.05) is 23.8 Å². The van der Waals surface area contributed by atoms with Gasteiger partial charge in [0.05, 0.1) is 5.69 Å². The summed E-state index contributed by atoms with van der Waals surface area (Å²) >= 11 is 12.0. The van der Waals surface area contributed by atoms with Crippen LogP contribution in [0.15, 0.2) is 23.9 Å². The van der Waals surface area contributed by atoms with Crippen molar-refractivity contribution in [2.24, 2.45) is 0 Å². The molecule has 0 aromatic carbocycles. The first-order valence-corrected chi connectivity index (χ1v) is 7.05. The molecule has 108 valence electrons. The number of aromatic nitrogens is 2. The molecule has 0 aliphatic carbocycles. The highest BCUT2D eigenvalue weighted by atomic mass is 35.5. The summed E-state index contributed by atoms with van der Waals surface area (Å²) < 4.78 is 1.67. The normalized spacial score (nSPS) is 11.4. The fourth-order valence-corrected chi connectivity index (χ4v) is 2.14. The van der Waals surface area contributed by atoms with Gasteiger partial charge in [-0.25, -0.2) is 4.98 Å². The zero-order valence-electron chi connectivity index (χ0n) is 11.2. The van der Waals surface area contributed by atoms with Gasteiger partial charge >= 0.3 is 0 Å². The van der Waals surface area contributed by atoms with Crippen molar-refractivity contribution in [2.45, 2.75) is 13.3 Å². The number of halogens is 2. The highest BCUT2D eigenvalue weighted by Gasteiger charge is 2.13. The van der Waals surface area contributed by atoms with Gasteiger partial charge in [-0.3, -0.25) is 9.20 Å². The SMILES string of the molecule is CCCNC(=O)/C(C#N)=C/c1c(Cl)nc2cc(Cl)ccn12. The Bertz CT molecular complexity index is 758. The molecule has 0 saturated heterocycles. The van der Waals surface area contributed by atoms with Crippen molar-refractivity contribution < 1.29 is 4.79 Å². The molecule has 0 bridgehead atoms. The van der Waals surface area contributed by atoms with E-state index in [1.165, 1.54) is 6.08 Å². The number of amides is 1. The molecule has 21 heavy (non-hydrogen) atoms. The molecule has 7 heteroatoms. The van der Waals surface area contributed by atoms with Crippen LogP contribution in [0.3, 0.4) is 0 Å². The number of pyridine rings is 1. The summed E-state index contributed by atoms with van der Waals surface area (Å²) in [7, 11) is 0. The molecule has 0 aliphatic heterocycles. The van der Waals surface area contributed by atoms with Crippen molar-refractivity contribution in [1.29, 1.82) is 5.26 Å². The standard InChI is InChI=1S/C14H12Cl2N4O/c1-2-4-18-14(21)9(8-17)6-11-13(16)19-12-7-10(15)3-5-20(11)12/h3,5-7H,2,4H2,1H3,(H,18,21)/b9-6+. The molecule has 0 atom stereocenters. The smallest absolute Gasteiger partial charge is 0.262 e. The van der Waals surface area contributed by atoms with Gasteiger partial charge in [-0.15, -0.1) is 0 Å². The zero-order chi connectivity index (χ0) is 15.4. The number of carbonyl (C=O) groups excluding carboxylic acids is 1. The van der Waals surface area contributed by atoms with Crippen LogP contribution in [0.1, 0.15) is 19.0 Å². The number of nitrogens with one attached hydrogen (secondary N) is 1. The van der Waals surface area contributed by atoms with E-state index in [1.54, 1.807) is 22.7 Å². The van der Waals surface area contributed by atoms with Gasteiger partial charge in [0.1, 0.15) is 17.3 Å². The predicted octanol–water partition coefficient (Wildman–Crippen LogP) is 3.07. The Morgan fingerprint density at radius 2 is 2.33 bits per heavy atom. The Labute approximate surface area is 131 Å². The molecule has 2 aromatic rings. The molecule has 2 rings (SSSR count). The number of rotatable bonds is 4. The molecule has 1 amide bonds. The molecule has 0 unspecified atom stereocenters. The van der Waals surface area contributed by atoms with Crippen LogP contribution in [0.2, 0.25) is 10.2 Å². The van der Waals surface area contributed by atoms with E-state index in [0.29, 0.717) is 22.9 Å². The Balaban J connectivity index is 2.45. The minimum atomic E-state index is -0.431. The maximum atomic E-state index is 11.9. The van der Waals surface area contributed by atoms with Gasteiger partial charge in [0.15, 0.2) is 5.15 Å². The molecule has 1 N–H and O–H groups in total. The van der Waals surface area contributed by atoms with Crippen LogP contribution in [0.4, 0.5) is 0 Å². The monoisotopic (exact) mass is 322 g/mol. The predicted molar refractivity (Wildman–Crippen MR) is 82.1 cm³/mol. The van der Waals surface area contributed by atoms with Gasteiger partial charge in [-0.1, -0.05) is 30.1 Å². The number of nitriles is 1. The van der Waals surface area contributed by atoms with Crippen molar-refractivity contribution in [3.8, 4) is 6.07 Å². The first-order valence-electron chi connectivity index (χ1n) is 6.30. The Hall–Kier alpha value is -2.03. The van der Waals surface area contributed by atoms with Crippen molar-refractivity contribution in [2.75, 3.05) is 6.54 Å². The quantitative estimate of drug-likeness (QED) is 0.694. The number of fused-ring (bicyclic) bond motifs is 1. The van der Waals surface area contributed by atoms with Crippen LogP contribution in [0.5, 0.6) is 0 Å². The third kappa shape index (κ3) is 3.35. The Morgan fingerprint density at radius 1 is 1.57 bits per heavy atom. The number of hydrogen-bond donors (Lipinski definition) is 1. The lowest BCUT2D eigenvalue weighted by molar-refractivity contribution is -0.117. The molecular formula is C14H12Cl2N4O. The third-order valence-corrected chi connectivity index (χ3v) is 3.28. The Kier molecular flexibility index (Phi) is 4.84. The minimum absolute atomic E-state index is 0.0258. The van der Waals surface area contributed by atoms with Crippen LogP contribution < -0.4 is 5.32 Å². The van der Waals surface area contributed by atoms with Crippen LogP contribution in [-0.2, 0) is 4.79 Å². The lowest BCUT2D eigenvalue weighted by Gasteiger charge is -2.02. The van der Waals surface area contributed by atoms with E-state index < -0.39 is 5.91 Å². The highest BCUT2D eigenvalue weighted by Crippen LogP contribution is 2.22. The second-order valence-electron chi connectivity index (χ2n) is 4.29. The maximum absolute atomic E-state index is 11.9. The summed E-state index contributed by atoms with van der Waals surface area (Å²) in [5, 5.41) is 12.5. The van der Waals surface area contributed by atoms with E-state index >= 15 is 0 Å². The van der Waals surface area contributed by atoms with Crippen LogP contribution in [0, 0.1) is 11.3 Å². The van der Waals surface area contributed by atoms with Crippen molar-refractivity contribution in [3.63, 3.8) is 0 Å². The lowest BCUT2D eigenvalue weighted by atomic mass is 10.2. The fraction of sp³-hybridized carbons (Fsp3) is 0.214. The van der Waals surface area contributed by atoms with Gasteiger partial charge < -0.3 is 5.32 Å². The number of imidazole rings is 1. The number of hydrogen-bond acceptors (Lipinski definition) is 3. The van der Waals surface area contributed by atoms with E-state index in [2.05, 4.69) is 10.3 Å². The van der Waals surface area contributed by atoms with Crippen molar-refractivity contribution in [3.05, 3.63) is 39.8 Å². The Morgan fingerprint density at radius 3 is 3.00 bits per heavy atom. The van der Waals surface area contributed by atoms with Gasteiger partial charge in [0.2, 0.25) is 0 Å². The number of carbonyl (C=O) groups is 1. The summed E-state index contributed by atoms with van der Waals surface area (Å²) in [4.78, 5) is 16.0. The summed E-state index contributed by atoms with van der Waals surface area (Å²) in [5.74, 6) is -0.431. The zero-order valence-corrected chi connectivity index (χ0v) is 12.7. The minimum Gasteiger partial charge on any atom is -0.351 e. The number of nitrogens with zero attached hydrogens (tertiary/aromatic N) is 3. The molecule has 5 nitrogen and oxygen atoms in total. The highest BCUT2D eigenvalue weighted by molar-refractivity contribution is 6.32. The van der Waals surface area contributed by atoms with Crippen molar-refractivity contribution >= 4 is 40.8 Å². The van der Waals surface area contributed by atoms with Crippen LogP contribution in [-0.4, -0.2) is 21.8 Å². The second-order valence-corrected chi connectivity index (χ2v) is 5.08. The molecule has 0 fully saturated rings. The van der Waals surface area contributed by atoms with Crippen LogP contribution in [0.25, 0.3) is 11.7 Å². The first-order chi connectivity index (χ1) is 10.1. The summed E-state index contributed by atoms with van der Waals surface area (Å²) in [6.45, 7) is 2.44. The van der Waals surface area contributed by atoms with Crippen LogP contribution >= 0.6 is 23.2 Å². The molecule has 0 radical (unpaired) electrons. The molecule has 2 aromatic heterocycles. The average Bonchev–Trinajstić information content (AvgIpc) is 2.76. The van der Waals surface area contributed by atoms with E-state index in [-0.39, 0.29) is 10.7 Å². The molecule has 2 heterocycles. The molecule has 0 aliphatic rings. The van der Waals surface area contributed by atoms with E-state index in [9.17, 15) is 4.79 Å². The molecular weight excluding hydrogens is 311 g/mol. The molecule has 0 spiro atoms. The van der Waals surface area contributed by atoms with Gasteiger partial charge in [0.25, 0.3) is 5.91 Å². The summed E-state index contributed by atoms with van der Waals surface area (Å²) in [6, 6.07) is 5.20. The maximum Gasteiger partial charge on any atom is 0.262 e. The largest absolute Gasteiger partial charge is 0.351 e. The topological polar surface area (TPSA) is 70.2 Å². The lowest BCUT2D eigenvalue weighted by Crippen LogP contribution is -2.25. The average molecular weight is 323 g/mol. The van der Waals surface area contributed by atoms with E-state index in [4.69, 9.17) is 28.5 Å². The summed E-state index contributed by atoms with van der Waals surface area (Å²) in [5.41, 5.74) is 0.985. The van der Waals surface area contributed by atoms with Gasteiger partial charge in [-0.2, -0.15) is 5.26 Å².